The summed E-state index contributed by atoms with van der Waals surface area (Å²) in [6.07, 6.45) is 9.65. The summed E-state index contributed by atoms with van der Waals surface area (Å²) in [5.41, 5.74) is 0.285. The fourth-order valence-corrected chi connectivity index (χ4v) is 3.00. The lowest BCUT2D eigenvalue weighted by Crippen LogP contribution is -2.57. The lowest BCUT2D eigenvalue weighted by atomic mass is 9.88. The molecule has 0 aliphatic carbocycles. The average molecular weight is 252 g/mol. The van der Waals surface area contributed by atoms with Gasteiger partial charge in [-0.25, -0.2) is 0 Å². The first kappa shape index (κ1) is 15.7. The van der Waals surface area contributed by atoms with Gasteiger partial charge in [0.2, 0.25) is 0 Å². The van der Waals surface area contributed by atoms with E-state index in [1.165, 1.54) is 45.2 Å². The molecule has 18 heavy (non-hydrogen) atoms. The molecule has 106 valence electrons. The Morgan fingerprint density at radius 2 is 2.00 bits per heavy atom. The Labute approximate surface area is 114 Å². The van der Waals surface area contributed by atoms with Crippen molar-refractivity contribution in [3.8, 4) is 0 Å². The highest BCUT2D eigenvalue weighted by Crippen LogP contribution is 2.27. The molecular formula is C16H32N2. The first-order valence-electron chi connectivity index (χ1n) is 7.72. The molecular weight excluding hydrogens is 220 g/mol. The molecule has 0 radical (unpaired) electrons. The molecule has 0 aromatic carbocycles. The van der Waals surface area contributed by atoms with E-state index in [1.807, 2.05) is 6.08 Å². The molecule has 1 N–H and O–H groups in total. The fraction of sp³-hybridized carbons (Fsp3) is 0.875. The molecule has 1 unspecified atom stereocenters. The minimum absolute atomic E-state index is 0.285. The van der Waals surface area contributed by atoms with E-state index >= 15 is 0 Å². The molecule has 1 fully saturated rings. The van der Waals surface area contributed by atoms with E-state index in [0.29, 0.717) is 6.04 Å². The van der Waals surface area contributed by atoms with E-state index < -0.39 is 0 Å². The minimum atomic E-state index is 0.285. The second-order valence-corrected chi connectivity index (χ2v) is 6.07. The summed E-state index contributed by atoms with van der Waals surface area (Å²) in [7, 11) is 0. The molecule has 1 heterocycles. The highest BCUT2D eigenvalue weighted by atomic mass is 15.2. The molecule has 1 rings (SSSR count). The van der Waals surface area contributed by atoms with E-state index in [1.54, 1.807) is 0 Å². The first-order valence-corrected chi connectivity index (χ1v) is 7.72. The third kappa shape index (κ3) is 4.40. The number of nitrogens with zero attached hydrogens (tertiary/aromatic N) is 1. The predicted octanol–water partition coefficient (Wildman–Crippen LogP) is 3.59. The van der Waals surface area contributed by atoms with Gasteiger partial charge in [-0.05, 0) is 72.0 Å². The van der Waals surface area contributed by atoms with Crippen molar-refractivity contribution in [1.82, 2.24) is 10.2 Å². The van der Waals surface area contributed by atoms with Crippen molar-refractivity contribution in [3.63, 3.8) is 0 Å². The number of likely N-dealkylation sites (tertiary alicyclic amines) is 1. The van der Waals surface area contributed by atoms with E-state index in [2.05, 4.69) is 37.6 Å². The van der Waals surface area contributed by atoms with E-state index in [4.69, 9.17) is 0 Å². The van der Waals surface area contributed by atoms with Crippen LogP contribution in [0.4, 0.5) is 0 Å². The highest BCUT2D eigenvalue weighted by molar-refractivity contribution is 4.95. The van der Waals surface area contributed by atoms with Crippen LogP contribution in [0.5, 0.6) is 0 Å². The molecule has 2 nitrogen and oxygen atoms in total. The van der Waals surface area contributed by atoms with Gasteiger partial charge in [0.15, 0.2) is 0 Å². The van der Waals surface area contributed by atoms with E-state index in [0.717, 1.165) is 13.0 Å². The van der Waals surface area contributed by atoms with Crippen molar-refractivity contribution in [1.29, 1.82) is 0 Å². The standard InChI is InChI=1S/C16H32N2/c1-5-7-8-11-15(17-12-6-2)16(3,4)18-13-9-10-14-18/h5,15,17H,1,6-14H2,2-4H3. The van der Waals surface area contributed by atoms with Gasteiger partial charge in [-0.2, -0.15) is 0 Å². The van der Waals surface area contributed by atoms with Crippen LogP contribution in [0.25, 0.3) is 0 Å². The molecule has 0 bridgehead atoms. The van der Waals surface area contributed by atoms with Crippen LogP contribution in [0, 0.1) is 0 Å². The van der Waals surface area contributed by atoms with Crippen LogP contribution in [0.15, 0.2) is 12.7 Å². The summed E-state index contributed by atoms with van der Waals surface area (Å²) in [6.45, 7) is 14.6. The largest absolute Gasteiger partial charge is 0.312 e. The Hall–Kier alpha value is -0.340. The number of hydrogen-bond donors (Lipinski definition) is 1. The first-order chi connectivity index (χ1) is 8.62. The second kappa shape index (κ2) is 7.96. The zero-order valence-electron chi connectivity index (χ0n) is 12.7. The molecule has 0 amide bonds. The highest BCUT2D eigenvalue weighted by Gasteiger charge is 2.35. The normalized spacial score (nSPS) is 19.1. The molecule has 1 atom stereocenters. The van der Waals surface area contributed by atoms with Crippen LogP contribution in [-0.2, 0) is 0 Å². The van der Waals surface area contributed by atoms with Gasteiger partial charge in [0, 0.05) is 11.6 Å². The second-order valence-electron chi connectivity index (χ2n) is 6.07. The van der Waals surface area contributed by atoms with Crippen LogP contribution < -0.4 is 5.32 Å². The molecule has 1 saturated heterocycles. The Morgan fingerprint density at radius 1 is 1.33 bits per heavy atom. The summed E-state index contributed by atoms with van der Waals surface area (Å²) in [5, 5.41) is 3.77. The van der Waals surface area contributed by atoms with Gasteiger partial charge in [-0.15, -0.1) is 6.58 Å². The van der Waals surface area contributed by atoms with E-state index in [9.17, 15) is 0 Å². The van der Waals surface area contributed by atoms with Gasteiger partial charge in [0.25, 0.3) is 0 Å². The summed E-state index contributed by atoms with van der Waals surface area (Å²) in [5.74, 6) is 0. The Morgan fingerprint density at radius 3 is 2.56 bits per heavy atom. The number of unbranched alkanes of at least 4 members (excludes halogenated alkanes) is 1. The molecule has 1 aliphatic rings. The molecule has 0 aromatic heterocycles. The van der Waals surface area contributed by atoms with Crippen molar-refractivity contribution in [2.24, 2.45) is 0 Å². The van der Waals surface area contributed by atoms with Gasteiger partial charge in [0.05, 0.1) is 0 Å². The average Bonchev–Trinajstić information content (AvgIpc) is 2.87. The van der Waals surface area contributed by atoms with Crippen LogP contribution in [0.3, 0.4) is 0 Å². The molecule has 0 aromatic rings. The lowest BCUT2D eigenvalue weighted by Gasteiger charge is -2.43. The van der Waals surface area contributed by atoms with Gasteiger partial charge >= 0.3 is 0 Å². The van der Waals surface area contributed by atoms with E-state index in [-0.39, 0.29) is 5.54 Å². The predicted molar refractivity (Wildman–Crippen MR) is 81.0 cm³/mol. The monoisotopic (exact) mass is 252 g/mol. The molecule has 2 heteroatoms. The molecule has 0 saturated carbocycles. The van der Waals surface area contributed by atoms with Crippen molar-refractivity contribution >= 4 is 0 Å². The maximum Gasteiger partial charge on any atom is 0.0306 e. The third-order valence-electron chi connectivity index (χ3n) is 4.32. The maximum atomic E-state index is 3.83. The Kier molecular flexibility index (Phi) is 6.95. The summed E-state index contributed by atoms with van der Waals surface area (Å²) < 4.78 is 0. The Bertz CT molecular complexity index is 229. The lowest BCUT2D eigenvalue weighted by molar-refractivity contribution is 0.101. The summed E-state index contributed by atoms with van der Waals surface area (Å²) in [4.78, 5) is 2.67. The van der Waals surface area contributed by atoms with Crippen LogP contribution in [-0.4, -0.2) is 36.1 Å². The smallest absolute Gasteiger partial charge is 0.0306 e. The van der Waals surface area contributed by atoms with Gasteiger partial charge < -0.3 is 5.32 Å². The van der Waals surface area contributed by atoms with Crippen molar-refractivity contribution in [3.05, 3.63) is 12.7 Å². The number of nitrogens with one attached hydrogen (secondary N) is 1. The van der Waals surface area contributed by atoms with Gasteiger partial charge in [-0.1, -0.05) is 13.0 Å². The van der Waals surface area contributed by atoms with Gasteiger partial charge in [0.1, 0.15) is 0 Å². The van der Waals surface area contributed by atoms with Crippen LogP contribution in [0.2, 0.25) is 0 Å². The summed E-state index contributed by atoms with van der Waals surface area (Å²) >= 11 is 0. The molecule has 1 aliphatic heterocycles. The van der Waals surface area contributed by atoms with Crippen LogP contribution >= 0.6 is 0 Å². The zero-order valence-corrected chi connectivity index (χ0v) is 12.7. The molecule has 0 spiro atoms. The maximum absolute atomic E-state index is 3.83. The number of allylic oxidation sites excluding steroid dienone is 1. The quantitative estimate of drug-likeness (QED) is 0.498. The van der Waals surface area contributed by atoms with Crippen molar-refractivity contribution < 1.29 is 0 Å². The number of hydrogen-bond acceptors (Lipinski definition) is 2. The fourth-order valence-electron chi connectivity index (χ4n) is 3.00. The van der Waals surface area contributed by atoms with Gasteiger partial charge in [-0.3, -0.25) is 4.90 Å². The third-order valence-corrected chi connectivity index (χ3v) is 4.32. The van der Waals surface area contributed by atoms with Crippen LogP contribution in [0.1, 0.15) is 59.3 Å². The SMILES string of the molecule is C=CCCCC(NCCC)C(C)(C)N1CCCC1. The number of rotatable bonds is 9. The topological polar surface area (TPSA) is 15.3 Å². The minimum Gasteiger partial charge on any atom is -0.312 e. The zero-order chi connectivity index (χ0) is 13.4. The Balaban J connectivity index is 2.56. The van der Waals surface area contributed by atoms with Crippen molar-refractivity contribution in [2.45, 2.75) is 70.9 Å². The van der Waals surface area contributed by atoms with Crippen molar-refractivity contribution in [2.75, 3.05) is 19.6 Å². The summed E-state index contributed by atoms with van der Waals surface area (Å²) in [6, 6.07) is 0.607.